The minimum absolute atomic E-state index is 0.299. The van der Waals surface area contributed by atoms with E-state index in [1.54, 1.807) is 6.33 Å². The zero-order valence-corrected chi connectivity index (χ0v) is 13.9. The third-order valence-electron chi connectivity index (χ3n) is 4.84. The van der Waals surface area contributed by atoms with E-state index in [0.717, 1.165) is 65.5 Å². The van der Waals surface area contributed by atoms with Gasteiger partial charge in [-0.2, -0.15) is 5.10 Å². The van der Waals surface area contributed by atoms with E-state index in [4.69, 9.17) is 4.42 Å². The molecule has 4 heterocycles. The van der Waals surface area contributed by atoms with E-state index in [2.05, 4.69) is 30.0 Å². The number of hydrogen-bond donors (Lipinski definition) is 1. The zero-order chi connectivity index (χ0) is 16.8. The Bertz CT molecular complexity index is 1050. The molecule has 1 aromatic carbocycles. The lowest BCUT2D eigenvalue weighted by Crippen LogP contribution is -2.35. The summed E-state index contributed by atoms with van der Waals surface area (Å²) in [4.78, 5) is 15.8. The van der Waals surface area contributed by atoms with Gasteiger partial charge >= 0.3 is 0 Å². The van der Waals surface area contributed by atoms with Crippen LogP contribution >= 0.6 is 0 Å². The fraction of sp³-hybridized carbons (Fsp3) is 0.333. The first kappa shape index (κ1) is 14.4. The predicted molar refractivity (Wildman–Crippen MR) is 94.6 cm³/mol. The number of para-hydroxylation sites is 1. The first-order valence-electron chi connectivity index (χ1n) is 8.55. The van der Waals surface area contributed by atoms with Crippen molar-refractivity contribution < 1.29 is 4.42 Å². The maximum absolute atomic E-state index is 6.08. The smallest absolute Gasteiger partial charge is 0.196 e. The molecule has 0 amide bonds. The molecule has 3 aromatic heterocycles. The van der Waals surface area contributed by atoms with Gasteiger partial charge in [-0.05, 0) is 31.9 Å². The van der Waals surface area contributed by atoms with Crippen molar-refractivity contribution in [2.24, 2.45) is 0 Å². The van der Waals surface area contributed by atoms with Crippen LogP contribution in [0.4, 0.5) is 5.82 Å². The van der Waals surface area contributed by atoms with Crippen LogP contribution in [0.1, 0.15) is 30.4 Å². The lowest BCUT2D eigenvalue weighted by Gasteiger charge is -2.32. The van der Waals surface area contributed by atoms with Gasteiger partial charge in [0.2, 0.25) is 0 Å². The van der Waals surface area contributed by atoms with E-state index in [0.29, 0.717) is 5.92 Å². The SMILES string of the molecule is Cc1nc(C2CCCN(c3ncnc4c3oc3ccccc34)C2)n[nH]1. The van der Waals surface area contributed by atoms with Crippen molar-refractivity contribution in [3.8, 4) is 0 Å². The van der Waals surface area contributed by atoms with Crippen molar-refractivity contribution in [1.29, 1.82) is 0 Å². The van der Waals surface area contributed by atoms with Gasteiger partial charge in [0.05, 0.1) is 0 Å². The van der Waals surface area contributed by atoms with Gasteiger partial charge in [0.25, 0.3) is 0 Å². The van der Waals surface area contributed by atoms with Gasteiger partial charge in [-0.3, -0.25) is 5.10 Å². The molecule has 126 valence electrons. The average Bonchev–Trinajstić information content (AvgIpc) is 3.25. The van der Waals surface area contributed by atoms with Crippen LogP contribution < -0.4 is 4.90 Å². The maximum atomic E-state index is 6.08. The number of H-pyrrole nitrogens is 1. The van der Waals surface area contributed by atoms with Crippen molar-refractivity contribution in [2.75, 3.05) is 18.0 Å². The molecule has 0 aliphatic carbocycles. The predicted octanol–water partition coefficient (Wildman–Crippen LogP) is 3.19. The van der Waals surface area contributed by atoms with E-state index in [9.17, 15) is 0 Å². The summed E-state index contributed by atoms with van der Waals surface area (Å²) in [6.45, 7) is 3.71. The molecule has 4 aromatic rings. The molecule has 1 aliphatic rings. The van der Waals surface area contributed by atoms with Crippen LogP contribution in [0.25, 0.3) is 22.1 Å². The van der Waals surface area contributed by atoms with Crippen LogP contribution in [0.15, 0.2) is 35.0 Å². The summed E-state index contributed by atoms with van der Waals surface area (Å²) in [7, 11) is 0. The number of anilines is 1. The van der Waals surface area contributed by atoms with Gasteiger partial charge in [-0.1, -0.05) is 12.1 Å². The molecular weight excluding hydrogens is 316 g/mol. The first-order chi connectivity index (χ1) is 12.3. The molecule has 5 rings (SSSR count). The molecule has 0 saturated carbocycles. The topological polar surface area (TPSA) is 83.7 Å². The van der Waals surface area contributed by atoms with Crippen molar-refractivity contribution in [2.45, 2.75) is 25.7 Å². The standard InChI is InChI=1S/C18H18N6O/c1-11-21-17(23-22-11)12-5-4-8-24(9-12)18-16-15(19-10-20-18)13-6-2-3-7-14(13)25-16/h2-3,6-7,10,12H,4-5,8-9H2,1H3,(H,21,22,23). The molecule has 7 heteroatoms. The molecule has 7 nitrogen and oxygen atoms in total. The van der Waals surface area contributed by atoms with Gasteiger partial charge < -0.3 is 9.32 Å². The summed E-state index contributed by atoms with van der Waals surface area (Å²) >= 11 is 0. The van der Waals surface area contributed by atoms with Gasteiger partial charge in [0.15, 0.2) is 17.2 Å². The number of fused-ring (bicyclic) bond motifs is 3. The number of benzene rings is 1. The maximum Gasteiger partial charge on any atom is 0.196 e. The van der Waals surface area contributed by atoms with E-state index in [1.165, 1.54) is 0 Å². The number of furan rings is 1. The number of nitrogens with zero attached hydrogens (tertiary/aromatic N) is 5. The lowest BCUT2D eigenvalue weighted by molar-refractivity contribution is 0.488. The third kappa shape index (κ3) is 2.34. The average molecular weight is 334 g/mol. The zero-order valence-electron chi connectivity index (χ0n) is 13.9. The highest BCUT2D eigenvalue weighted by Gasteiger charge is 2.27. The van der Waals surface area contributed by atoms with E-state index < -0.39 is 0 Å². The minimum Gasteiger partial charge on any atom is -0.450 e. The van der Waals surface area contributed by atoms with Crippen molar-refractivity contribution in [1.82, 2.24) is 25.1 Å². The van der Waals surface area contributed by atoms with E-state index in [-0.39, 0.29) is 0 Å². The summed E-state index contributed by atoms with van der Waals surface area (Å²) in [5.74, 6) is 2.90. The second kappa shape index (κ2) is 5.54. The van der Waals surface area contributed by atoms with Crippen LogP contribution in [0, 0.1) is 6.92 Å². The fourth-order valence-corrected chi connectivity index (χ4v) is 3.66. The highest BCUT2D eigenvalue weighted by Crippen LogP contribution is 2.35. The monoisotopic (exact) mass is 334 g/mol. The molecule has 0 bridgehead atoms. The van der Waals surface area contributed by atoms with Crippen LogP contribution in [0.3, 0.4) is 0 Å². The summed E-state index contributed by atoms with van der Waals surface area (Å²) < 4.78 is 6.08. The Morgan fingerprint density at radius 2 is 2.16 bits per heavy atom. The fourth-order valence-electron chi connectivity index (χ4n) is 3.66. The molecule has 1 fully saturated rings. The summed E-state index contributed by atoms with van der Waals surface area (Å²) in [5.41, 5.74) is 2.48. The molecule has 1 N–H and O–H groups in total. The highest BCUT2D eigenvalue weighted by molar-refractivity contribution is 6.05. The van der Waals surface area contributed by atoms with Gasteiger partial charge in [-0.25, -0.2) is 15.0 Å². The number of aromatic amines is 1. The van der Waals surface area contributed by atoms with Crippen molar-refractivity contribution in [3.63, 3.8) is 0 Å². The molecule has 1 aliphatic heterocycles. The van der Waals surface area contributed by atoms with Crippen LogP contribution in [0.5, 0.6) is 0 Å². The molecule has 0 radical (unpaired) electrons. The number of rotatable bonds is 2. The Morgan fingerprint density at radius 1 is 1.24 bits per heavy atom. The normalized spacial score (nSPS) is 18.3. The summed E-state index contributed by atoms with van der Waals surface area (Å²) in [6.07, 6.45) is 3.78. The Kier molecular flexibility index (Phi) is 3.19. The minimum atomic E-state index is 0.299. The Morgan fingerprint density at radius 3 is 3.04 bits per heavy atom. The quantitative estimate of drug-likeness (QED) is 0.606. The molecule has 1 atom stereocenters. The number of nitrogens with one attached hydrogen (secondary N) is 1. The van der Waals surface area contributed by atoms with E-state index >= 15 is 0 Å². The number of aryl methyl sites for hydroxylation is 1. The van der Waals surface area contributed by atoms with Crippen molar-refractivity contribution in [3.05, 3.63) is 42.2 Å². The second-order valence-corrected chi connectivity index (χ2v) is 6.54. The molecule has 25 heavy (non-hydrogen) atoms. The first-order valence-corrected chi connectivity index (χ1v) is 8.55. The van der Waals surface area contributed by atoms with Crippen LogP contribution in [-0.2, 0) is 0 Å². The van der Waals surface area contributed by atoms with Gasteiger partial charge in [0, 0.05) is 24.4 Å². The second-order valence-electron chi connectivity index (χ2n) is 6.54. The lowest BCUT2D eigenvalue weighted by atomic mass is 9.97. The molecular formula is C18H18N6O. The van der Waals surface area contributed by atoms with Crippen LogP contribution in [0.2, 0.25) is 0 Å². The van der Waals surface area contributed by atoms with Gasteiger partial charge in [-0.15, -0.1) is 0 Å². The largest absolute Gasteiger partial charge is 0.450 e. The van der Waals surface area contributed by atoms with E-state index in [1.807, 2.05) is 31.2 Å². The van der Waals surface area contributed by atoms with Crippen LogP contribution in [-0.4, -0.2) is 38.2 Å². The molecule has 1 unspecified atom stereocenters. The Balaban J connectivity index is 1.56. The number of aromatic nitrogens is 5. The molecule has 1 saturated heterocycles. The Labute approximate surface area is 144 Å². The number of piperidine rings is 1. The van der Waals surface area contributed by atoms with Gasteiger partial charge in [0.1, 0.15) is 23.3 Å². The summed E-state index contributed by atoms with van der Waals surface area (Å²) in [5, 5.41) is 8.32. The third-order valence-corrected chi connectivity index (χ3v) is 4.84. The highest BCUT2D eigenvalue weighted by atomic mass is 16.3. The number of hydrogen-bond acceptors (Lipinski definition) is 6. The molecule has 0 spiro atoms. The summed E-state index contributed by atoms with van der Waals surface area (Å²) in [6, 6.07) is 7.98. The Hall–Kier alpha value is -2.96. The van der Waals surface area contributed by atoms with Crippen molar-refractivity contribution >= 4 is 27.9 Å².